The number of hydrogen-bond acceptors (Lipinski definition) is 4. The van der Waals surface area contributed by atoms with Gasteiger partial charge in [0, 0.05) is 30.4 Å². The lowest BCUT2D eigenvalue weighted by molar-refractivity contribution is -0.123. The number of primary amides is 1. The molecule has 1 atom stereocenters. The molecule has 2 aliphatic rings. The molecule has 0 spiro atoms. The van der Waals surface area contributed by atoms with Gasteiger partial charge in [0.25, 0.3) is 0 Å². The van der Waals surface area contributed by atoms with Crippen LogP contribution < -0.4 is 5.73 Å². The highest BCUT2D eigenvalue weighted by atomic mass is 19.1. The number of H-pyrrole nitrogens is 1. The van der Waals surface area contributed by atoms with Gasteiger partial charge in [-0.25, -0.2) is 4.39 Å². The summed E-state index contributed by atoms with van der Waals surface area (Å²) in [6.07, 6.45) is 9.08. The maximum Gasteiger partial charge on any atom is 0.234 e. The number of benzene rings is 1. The van der Waals surface area contributed by atoms with Crippen molar-refractivity contribution in [3.63, 3.8) is 0 Å². The van der Waals surface area contributed by atoms with Gasteiger partial charge in [0.15, 0.2) is 0 Å². The van der Waals surface area contributed by atoms with Gasteiger partial charge in [0.2, 0.25) is 5.91 Å². The lowest BCUT2D eigenvalue weighted by Gasteiger charge is -2.27. The molecule has 0 radical (unpaired) electrons. The van der Waals surface area contributed by atoms with E-state index in [1.54, 1.807) is 12.1 Å². The first kappa shape index (κ1) is 20.2. The topological polar surface area (TPSA) is 87.4 Å². The number of aromatic amines is 1. The maximum atomic E-state index is 13.5. The molecule has 1 aromatic heterocycles. The molecule has 4 rings (SSSR count). The quantitative estimate of drug-likeness (QED) is 0.814. The summed E-state index contributed by atoms with van der Waals surface area (Å²) in [6.45, 7) is 1.49. The number of nitrogens with two attached hydrogens (primary N) is 1. The zero-order valence-corrected chi connectivity index (χ0v) is 17.1. The molecule has 0 fully saturated rings. The minimum Gasteiger partial charge on any atom is -0.368 e. The van der Waals surface area contributed by atoms with E-state index in [0.717, 1.165) is 66.0 Å². The molecule has 0 bridgehead atoms. The van der Waals surface area contributed by atoms with Crippen LogP contribution in [-0.4, -0.2) is 53.4 Å². The van der Waals surface area contributed by atoms with E-state index < -0.39 is 0 Å². The van der Waals surface area contributed by atoms with Gasteiger partial charge >= 0.3 is 0 Å². The summed E-state index contributed by atoms with van der Waals surface area (Å²) in [5.74, 6) is -0.564. The second kappa shape index (κ2) is 8.75. The molecule has 1 unspecified atom stereocenters. The van der Waals surface area contributed by atoms with Crippen molar-refractivity contribution >= 4 is 23.3 Å². The lowest BCUT2D eigenvalue weighted by atomic mass is 9.90. The molecule has 0 aliphatic carbocycles. The van der Waals surface area contributed by atoms with Gasteiger partial charge < -0.3 is 5.73 Å². The second-order valence-corrected chi connectivity index (χ2v) is 7.78. The van der Waals surface area contributed by atoms with Crippen LogP contribution in [0.5, 0.6) is 0 Å². The average molecular weight is 407 g/mol. The van der Waals surface area contributed by atoms with E-state index in [-0.39, 0.29) is 17.8 Å². The number of halogens is 1. The average Bonchev–Trinajstić information content (AvgIpc) is 3.16. The number of dihydropyridines is 1. The number of likely N-dealkylation sites (N-methyl/N-ethyl adjacent to an activating group) is 1. The SMILES string of the molecule is CN1CCC=C(c2[nH]nc(-c3ccc(F)cc3)c2C2=CC=NCC2)CCC1C(N)=O. The van der Waals surface area contributed by atoms with E-state index in [1.807, 2.05) is 24.2 Å². The van der Waals surface area contributed by atoms with Gasteiger partial charge in [-0.05, 0) is 74.2 Å². The molecule has 3 heterocycles. The van der Waals surface area contributed by atoms with Crippen molar-refractivity contribution in [3.05, 3.63) is 53.5 Å². The van der Waals surface area contributed by atoms with Crippen molar-refractivity contribution in [3.8, 4) is 11.3 Å². The summed E-state index contributed by atoms with van der Waals surface area (Å²) in [5, 5.41) is 7.84. The molecule has 7 heteroatoms. The number of allylic oxidation sites excluding steroid dienone is 2. The van der Waals surface area contributed by atoms with E-state index in [2.05, 4.69) is 21.3 Å². The van der Waals surface area contributed by atoms with Crippen molar-refractivity contribution in [2.24, 2.45) is 10.7 Å². The van der Waals surface area contributed by atoms with Gasteiger partial charge in [0.05, 0.1) is 11.7 Å². The van der Waals surface area contributed by atoms with E-state index in [4.69, 9.17) is 5.73 Å². The highest BCUT2D eigenvalue weighted by Crippen LogP contribution is 2.37. The summed E-state index contributed by atoms with van der Waals surface area (Å²) in [7, 11) is 1.94. The van der Waals surface area contributed by atoms with Gasteiger partial charge in [-0.1, -0.05) is 6.08 Å². The Morgan fingerprint density at radius 3 is 2.73 bits per heavy atom. The monoisotopic (exact) mass is 407 g/mol. The van der Waals surface area contributed by atoms with Crippen LogP contribution in [-0.2, 0) is 4.79 Å². The fourth-order valence-corrected chi connectivity index (χ4v) is 4.20. The Labute approximate surface area is 175 Å². The molecule has 0 saturated heterocycles. The van der Waals surface area contributed by atoms with Gasteiger partial charge in [-0.3, -0.25) is 19.8 Å². The summed E-state index contributed by atoms with van der Waals surface area (Å²) in [6, 6.07) is 6.12. The zero-order valence-electron chi connectivity index (χ0n) is 17.1. The Morgan fingerprint density at radius 2 is 2.03 bits per heavy atom. The summed E-state index contributed by atoms with van der Waals surface area (Å²) in [5.41, 5.74) is 11.6. The van der Waals surface area contributed by atoms with Gasteiger partial charge in [0.1, 0.15) is 11.5 Å². The van der Waals surface area contributed by atoms with Gasteiger partial charge in [-0.15, -0.1) is 0 Å². The Bertz CT molecular complexity index is 1020. The van der Waals surface area contributed by atoms with Crippen molar-refractivity contribution in [1.29, 1.82) is 0 Å². The highest BCUT2D eigenvalue weighted by molar-refractivity contribution is 5.93. The molecular weight excluding hydrogens is 381 g/mol. The number of amides is 1. The minimum atomic E-state index is -0.290. The molecule has 1 amide bonds. The third-order valence-corrected chi connectivity index (χ3v) is 5.84. The van der Waals surface area contributed by atoms with E-state index in [9.17, 15) is 9.18 Å². The number of aromatic nitrogens is 2. The third kappa shape index (κ3) is 4.11. The lowest BCUT2D eigenvalue weighted by Crippen LogP contribution is -2.43. The van der Waals surface area contributed by atoms with Crippen LogP contribution in [0, 0.1) is 5.82 Å². The zero-order chi connectivity index (χ0) is 21.1. The van der Waals surface area contributed by atoms with Crippen LogP contribution in [0.15, 0.2) is 41.4 Å². The standard InChI is InChI=1S/C23H26FN5O/c1-29-14-2-3-16(6-9-19(29)23(25)30)21-20(15-10-12-26-13-11-15)22(28-27-21)17-4-7-18(24)8-5-17/h3-5,7-8,10,12,19H,2,6,9,11,13-14H2,1H3,(H2,25,30)(H,27,28). The second-order valence-electron chi connectivity index (χ2n) is 7.78. The van der Waals surface area contributed by atoms with Crippen LogP contribution in [0.25, 0.3) is 22.4 Å². The van der Waals surface area contributed by atoms with E-state index in [1.165, 1.54) is 12.1 Å². The van der Waals surface area contributed by atoms with Crippen molar-refractivity contribution in [2.75, 3.05) is 20.1 Å². The molecule has 2 aliphatic heterocycles. The van der Waals surface area contributed by atoms with Gasteiger partial charge in [-0.2, -0.15) is 5.10 Å². The molecular formula is C23H26FN5O. The molecule has 6 nitrogen and oxygen atoms in total. The molecule has 1 aromatic carbocycles. The molecule has 0 saturated carbocycles. The predicted molar refractivity (Wildman–Crippen MR) is 117 cm³/mol. The van der Waals surface area contributed by atoms with E-state index >= 15 is 0 Å². The Hall–Kier alpha value is -3.06. The normalized spacial score (nSPS) is 20.3. The number of hydrogen-bond donors (Lipinski definition) is 2. The van der Waals surface area contributed by atoms with E-state index in [0.29, 0.717) is 6.42 Å². The smallest absolute Gasteiger partial charge is 0.234 e. The molecule has 3 N–H and O–H groups in total. The summed E-state index contributed by atoms with van der Waals surface area (Å²) in [4.78, 5) is 18.2. The van der Waals surface area contributed by atoms with Crippen LogP contribution in [0.2, 0.25) is 0 Å². The summed E-state index contributed by atoms with van der Waals surface area (Å²) >= 11 is 0. The number of carbonyl (C=O) groups is 1. The third-order valence-electron chi connectivity index (χ3n) is 5.84. The Morgan fingerprint density at radius 1 is 1.23 bits per heavy atom. The van der Waals surface area contributed by atoms with Crippen molar-refractivity contribution in [1.82, 2.24) is 15.1 Å². The first-order chi connectivity index (χ1) is 14.5. The maximum absolute atomic E-state index is 13.5. The van der Waals surface area contributed by atoms with Crippen LogP contribution in [0.1, 0.15) is 36.9 Å². The largest absolute Gasteiger partial charge is 0.368 e. The first-order valence-corrected chi connectivity index (χ1v) is 10.3. The van der Waals surface area contributed by atoms with Crippen molar-refractivity contribution < 1.29 is 9.18 Å². The number of nitrogens with one attached hydrogen (secondary N) is 1. The minimum absolute atomic E-state index is 0.274. The molecule has 30 heavy (non-hydrogen) atoms. The molecule has 156 valence electrons. The van der Waals surface area contributed by atoms with Crippen LogP contribution in [0.3, 0.4) is 0 Å². The number of aliphatic imine (C=N–C) groups is 1. The number of rotatable bonds is 4. The van der Waals surface area contributed by atoms with Crippen LogP contribution >= 0.6 is 0 Å². The Kier molecular flexibility index (Phi) is 5.90. The Balaban J connectivity index is 1.77. The number of carbonyl (C=O) groups excluding carboxylic acids is 1. The molecule has 2 aromatic rings. The van der Waals surface area contributed by atoms with Crippen molar-refractivity contribution in [2.45, 2.75) is 31.7 Å². The van der Waals surface area contributed by atoms with Crippen LogP contribution in [0.4, 0.5) is 4.39 Å². The predicted octanol–water partition coefficient (Wildman–Crippen LogP) is 3.43. The summed E-state index contributed by atoms with van der Waals surface area (Å²) < 4.78 is 13.5. The fraction of sp³-hybridized carbons (Fsp3) is 0.348. The first-order valence-electron chi connectivity index (χ1n) is 10.3. The fourth-order valence-electron chi connectivity index (χ4n) is 4.20. The number of nitrogens with zero attached hydrogens (tertiary/aromatic N) is 3. The highest BCUT2D eigenvalue weighted by Gasteiger charge is 2.26.